The Bertz CT molecular complexity index is 338. The minimum absolute atomic E-state index is 0.450. The maximum atomic E-state index is 5.87. The highest BCUT2D eigenvalue weighted by atomic mass is 32.1. The van der Waals surface area contributed by atoms with Crippen molar-refractivity contribution < 1.29 is 0 Å². The van der Waals surface area contributed by atoms with Gasteiger partial charge in [-0.05, 0) is 25.7 Å². The van der Waals surface area contributed by atoms with Crippen molar-refractivity contribution in [1.29, 1.82) is 0 Å². The third kappa shape index (κ3) is 2.35. The second-order valence-corrected chi connectivity index (χ2v) is 5.24. The van der Waals surface area contributed by atoms with Crippen molar-refractivity contribution in [2.24, 2.45) is 11.7 Å². The standard InChI is InChI=1S/C11H20N4S/c1-3-9-4-5-15(10(6-9)7-12)11-13-8(2)14-16-11/h9-10H,3-7,12H2,1-2H3. The summed E-state index contributed by atoms with van der Waals surface area (Å²) in [5.74, 6) is 1.70. The van der Waals surface area contributed by atoms with Crippen LogP contribution in [0.15, 0.2) is 0 Å². The van der Waals surface area contributed by atoms with E-state index in [4.69, 9.17) is 5.73 Å². The summed E-state index contributed by atoms with van der Waals surface area (Å²) in [6.07, 6.45) is 3.72. The molecule has 16 heavy (non-hydrogen) atoms. The monoisotopic (exact) mass is 240 g/mol. The molecule has 2 heterocycles. The smallest absolute Gasteiger partial charge is 0.205 e. The number of nitrogens with two attached hydrogens (primary N) is 1. The van der Waals surface area contributed by atoms with Crippen molar-refractivity contribution in [3.05, 3.63) is 5.82 Å². The average molecular weight is 240 g/mol. The molecule has 1 aromatic heterocycles. The van der Waals surface area contributed by atoms with Crippen LogP contribution in [0.4, 0.5) is 5.13 Å². The molecular formula is C11H20N4S. The topological polar surface area (TPSA) is 55.0 Å². The molecule has 90 valence electrons. The number of rotatable bonds is 3. The summed E-state index contributed by atoms with van der Waals surface area (Å²) in [6.45, 7) is 6.00. The minimum atomic E-state index is 0.450. The van der Waals surface area contributed by atoms with Crippen LogP contribution in [0, 0.1) is 12.8 Å². The number of nitrogens with zero attached hydrogens (tertiary/aromatic N) is 3. The fourth-order valence-electron chi connectivity index (χ4n) is 2.38. The minimum Gasteiger partial charge on any atom is -0.343 e. The summed E-state index contributed by atoms with van der Waals surface area (Å²) in [5, 5.41) is 1.04. The van der Waals surface area contributed by atoms with E-state index in [0.29, 0.717) is 6.04 Å². The second kappa shape index (κ2) is 5.10. The number of anilines is 1. The van der Waals surface area contributed by atoms with E-state index in [1.165, 1.54) is 30.8 Å². The van der Waals surface area contributed by atoms with Gasteiger partial charge in [-0.15, -0.1) is 0 Å². The van der Waals surface area contributed by atoms with Crippen LogP contribution in [-0.4, -0.2) is 28.5 Å². The fourth-order valence-corrected chi connectivity index (χ4v) is 3.16. The summed E-state index contributed by atoms with van der Waals surface area (Å²) in [7, 11) is 0. The number of aromatic nitrogens is 2. The third-order valence-electron chi connectivity index (χ3n) is 3.44. The van der Waals surface area contributed by atoms with Crippen molar-refractivity contribution in [1.82, 2.24) is 9.36 Å². The molecule has 0 radical (unpaired) electrons. The van der Waals surface area contributed by atoms with Crippen LogP contribution in [0.5, 0.6) is 0 Å². The van der Waals surface area contributed by atoms with Crippen molar-refractivity contribution in [2.75, 3.05) is 18.0 Å². The van der Waals surface area contributed by atoms with Crippen LogP contribution in [0.3, 0.4) is 0 Å². The van der Waals surface area contributed by atoms with Gasteiger partial charge < -0.3 is 10.6 Å². The summed E-state index contributed by atoms with van der Waals surface area (Å²) < 4.78 is 4.25. The molecule has 2 unspecified atom stereocenters. The van der Waals surface area contributed by atoms with Gasteiger partial charge in [0, 0.05) is 30.7 Å². The Kier molecular flexibility index (Phi) is 3.76. The molecule has 2 N–H and O–H groups in total. The molecule has 1 aromatic rings. The van der Waals surface area contributed by atoms with E-state index in [1.54, 1.807) is 0 Å². The molecule has 0 spiro atoms. The van der Waals surface area contributed by atoms with E-state index in [1.807, 2.05) is 6.92 Å². The van der Waals surface area contributed by atoms with Gasteiger partial charge in [0.05, 0.1) is 0 Å². The molecule has 4 nitrogen and oxygen atoms in total. The van der Waals surface area contributed by atoms with Gasteiger partial charge in [-0.25, -0.2) is 4.98 Å². The van der Waals surface area contributed by atoms with Gasteiger partial charge >= 0.3 is 0 Å². The summed E-state index contributed by atoms with van der Waals surface area (Å²) in [4.78, 5) is 6.81. The SMILES string of the molecule is CCC1CCN(c2nc(C)ns2)C(CN)C1. The predicted molar refractivity (Wildman–Crippen MR) is 67.8 cm³/mol. The molecule has 0 saturated carbocycles. The Labute approximate surface area is 101 Å². The van der Waals surface area contributed by atoms with E-state index in [-0.39, 0.29) is 0 Å². The predicted octanol–water partition coefficient (Wildman–Crippen LogP) is 1.80. The highest BCUT2D eigenvalue weighted by Gasteiger charge is 2.28. The molecule has 1 saturated heterocycles. The molecule has 0 bridgehead atoms. The average Bonchev–Trinajstić information content (AvgIpc) is 2.74. The Hall–Kier alpha value is -0.680. The summed E-state index contributed by atoms with van der Waals surface area (Å²) in [6, 6.07) is 0.450. The van der Waals surface area contributed by atoms with Crippen LogP contribution >= 0.6 is 11.5 Å². The van der Waals surface area contributed by atoms with Crippen LogP contribution < -0.4 is 10.6 Å². The molecule has 2 rings (SSSR count). The Balaban J connectivity index is 2.09. The number of piperidine rings is 1. The summed E-state index contributed by atoms with van der Waals surface area (Å²) >= 11 is 1.49. The summed E-state index contributed by atoms with van der Waals surface area (Å²) in [5.41, 5.74) is 5.87. The van der Waals surface area contributed by atoms with Crippen LogP contribution in [-0.2, 0) is 0 Å². The zero-order valence-corrected chi connectivity index (χ0v) is 10.8. The first-order chi connectivity index (χ1) is 7.74. The largest absolute Gasteiger partial charge is 0.343 e. The molecule has 0 aromatic carbocycles. The molecular weight excluding hydrogens is 220 g/mol. The van der Waals surface area contributed by atoms with Crippen molar-refractivity contribution in [3.8, 4) is 0 Å². The molecule has 5 heteroatoms. The lowest BCUT2D eigenvalue weighted by Gasteiger charge is -2.38. The Morgan fingerprint density at radius 1 is 1.56 bits per heavy atom. The van der Waals surface area contributed by atoms with E-state index in [2.05, 4.69) is 21.2 Å². The lowest BCUT2D eigenvalue weighted by atomic mass is 9.89. The highest BCUT2D eigenvalue weighted by Crippen LogP contribution is 2.30. The fraction of sp³-hybridized carbons (Fsp3) is 0.818. The van der Waals surface area contributed by atoms with Gasteiger partial charge in [-0.1, -0.05) is 13.3 Å². The van der Waals surface area contributed by atoms with E-state index >= 15 is 0 Å². The van der Waals surface area contributed by atoms with E-state index in [9.17, 15) is 0 Å². The van der Waals surface area contributed by atoms with Gasteiger partial charge in [0.1, 0.15) is 5.82 Å². The molecule has 0 amide bonds. The lowest BCUT2D eigenvalue weighted by Crippen LogP contribution is -2.46. The van der Waals surface area contributed by atoms with Crippen molar-refractivity contribution in [2.45, 2.75) is 39.2 Å². The second-order valence-electron chi connectivity index (χ2n) is 4.51. The maximum absolute atomic E-state index is 5.87. The first-order valence-electron chi connectivity index (χ1n) is 6.01. The van der Waals surface area contributed by atoms with Crippen LogP contribution in [0.2, 0.25) is 0 Å². The molecule has 1 aliphatic rings. The molecule has 1 fully saturated rings. The van der Waals surface area contributed by atoms with Gasteiger partial charge in [0.25, 0.3) is 0 Å². The normalized spacial score (nSPS) is 26.1. The van der Waals surface area contributed by atoms with Crippen LogP contribution in [0.25, 0.3) is 0 Å². The van der Waals surface area contributed by atoms with E-state index < -0.39 is 0 Å². The zero-order chi connectivity index (χ0) is 11.5. The van der Waals surface area contributed by atoms with Gasteiger partial charge in [-0.3, -0.25) is 0 Å². The first kappa shape index (κ1) is 11.8. The Morgan fingerprint density at radius 2 is 2.38 bits per heavy atom. The van der Waals surface area contributed by atoms with Gasteiger partial charge in [0.2, 0.25) is 5.13 Å². The molecule has 1 aliphatic heterocycles. The number of hydrogen-bond acceptors (Lipinski definition) is 5. The van der Waals surface area contributed by atoms with Gasteiger partial charge in [0.15, 0.2) is 0 Å². The van der Waals surface area contributed by atoms with E-state index in [0.717, 1.165) is 30.0 Å². The van der Waals surface area contributed by atoms with Gasteiger partial charge in [-0.2, -0.15) is 4.37 Å². The van der Waals surface area contributed by atoms with Crippen LogP contribution in [0.1, 0.15) is 32.0 Å². The zero-order valence-electron chi connectivity index (χ0n) is 10.0. The third-order valence-corrected chi connectivity index (χ3v) is 4.28. The number of hydrogen-bond donors (Lipinski definition) is 1. The lowest BCUT2D eigenvalue weighted by molar-refractivity contribution is 0.335. The first-order valence-corrected chi connectivity index (χ1v) is 6.79. The van der Waals surface area contributed by atoms with Crippen molar-refractivity contribution in [3.63, 3.8) is 0 Å². The number of aryl methyl sites for hydroxylation is 1. The maximum Gasteiger partial charge on any atom is 0.205 e. The van der Waals surface area contributed by atoms with Crippen molar-refractivity contribution >= 4 is 16.7 Å². The highest BCUT2D eigenvalue weighted by molar-refractivity contribution is 7.09. The quantitative estimate of drug-likeness (QED) is 0.875. The molecule has 0 aliphatic carbocycles. The molecule has 2 atom stereocenters. The Morgan fingerprint density at radius 3 is 2.94 bits per heavy atom.